The monoisotopic (exact) mass is 270 g/mol. The lowest BCUT2D eigenvalue weighted by atomic mass is 9.76. The highest BCUT2D eigenvalue weighted by atomic mass is 14.9. The van der Waals surface area contributed by atoms with E-state index in [0.29, 0.717) is 5.41 Å². The maximum atomic E-state index is 5.49. The number of nitrogens with two attached hydrogens (primary N) is 1. The Labute approximate surface area is 121 Å². The van der Waals surface area contributed by atoms with Gasteiger partial charge in [0.25, 0.3) is 0 Å². The quantitative estimate of drug-likeness (QED) is 0.457. The van der Waals surface area contributed by atoms with Gasteiger partial charge in [0.2, 0.25) is 0 Å². The molecule has 0 bridgehead atoms. The molecule has 19 heavy (non-hydrogen) atoms. The maximum absolute atomic E-state index is 5.49. The van der Waals surface area contributed by atoms with Gasteiger partial charge in [-0.2, -0.15) is 0 Å². The molecule has 1 unspecified atom stereocenters. The molecule has 116 valence electrons. The third kappa shape index (κ3) is 11.4. The lowest BCUT2D eigenvalue weighted by Gasteiger charge is -2.30. The van der Waals surface area contributed by atoms with E-state index < -0.39 is 0 Å². The van der Waals surface area contributed by atoms with Crippen LogP contribution in [0.25, 0.3) is 0 Å². The van der Waals surface area contributed by atoms with Gasteiger partial charge in [-0.05, 0) is 37.6 Å². The second-order valence-electron chi connectivity index (χ2n) is 6.37. The number of rotatable bonds is 14. The Morgan fingerprint density at radius 1 is 0.789 bits per heavy atom. The normalized spacial score (nSPS) is 14.5. The van der Waals surface area contributed by atoms with Crippen molar-refractivity contribution in [1.82, 2.24) is 5.32 Å². The Bertz CT molecular complexity index is 182. The van der Waals surface area contributed by atoms with E-state index in [0.717, 1.165) is 19.6 Å². The highest BCUT2D eigenvalue weighted by molar-refractivity contribution is 4.75. The van der Waals surface area contributed by atoms with Crippen molar-refractivity contribution in [2.75, 3.05) is 19.6 Å². The summed E-state index contributed by atoms with van der Waals surface area (Å²) in [6.45, 7) is 9.96. The topological polar surface area (TPSA) is 38.0 Å². The summed E-state index contributed by atoms with van der Waals surface area (Å²) in [5.41, 5.74) is 6.07. The number of hydrogen-bond donors (Lipinski definition) is 2. The summed E-state index contributed by atoms with van der Waals surface area (Å²) >= 11 is 0. The van der Waals surface area contributed by atoms with Crippen LogP contribution in [-0.4, -0.2) is 19.6 Å². The van der Waals surface area contributed by atoms with Gasteiger partial charge in [-0.25, -0.2) is 0 Å². The second kappa shape index (κ2) is 12.9. The molecule has 0 spiro atoms. The van der Waals surface area contributed by atoms with Crippen LogP contribution in [0.15, 0.2) is 0 Å². The molecular weight excluding hydrogens is 232 g/mol. The van der Waals surface area contributed by atoms with Crippen LogP contribution in [0.2, 0.25) is 0 Å². The van der Waals surface area contributed by atoms with Gasteiger partial charge in [-0.1, -0.05) is 59.3 Å². The van der Waals surface area contributed by atoms with Crippen LogP contribution in [0.3, 0.4) is 0 Å². The minimum Gasteiger partial charge on any atom is -0.329 e. The van der Waals surface area contributed by atoms with Gasteiger partial charge in [0, 0.05) is 13.1 Å². The van der Waals surface area contributed by atoms with Crippen LogP contribution in [0.1, 0.15) is 85.0 Å². The predicted molar refractivity (Wildman–Crippen MR) is 87.5 cm³/mol. The molecule has 0 aliphatic heterocycles. The van der Waals surface area contributed by atoms with E-state index in [-0.39, 0.29) is 0 Å². The van der Waals surface area contributed by atoms with Crippen molar-refractivity contribution < 1.29 is 0 Å². The summed E-state index contributed by atoms with van der Waals surface area (Å²) in [6.07, 6.45) is 13.8. The number of unbranched alkanes of at least 4 members (excludes halogenated alkanes) is 4. The minimum absolute atomic E-state index is 0.578. The van der Waals surface area contributed by atoms with E-state index in [1.54, 1.807) is 0 Å². The molecule has 0 saturated carbocycles. The van der Waals surface area contributed by atoms with Gasteiger partial charge in [0.05, 0.1) is 0 Å². The van der Waals surface area contributed by atoms with Gasteiger partial charge in [-0.3, -0.25) is 0 Å². The summed E-state index contributed by atoms with van der Waals surface area (Å²) in [5, 5.41) is 3.42. The summed E-state index contributed by atoms with van der Waals surface area (Å²) in [6, 6.07) is 0. The second-order valence-corrected chi connectivity index (χ2v) is 6.37. The van der Waals surface area contributed by atoms with Crippen molar-refractivity contribution in [1.29, 1.82) is 0 Å². The molecule has 3 N–H and O–H groups in total. The van der Waals surface area contributed by atoms with Gasteiger partial charge in [-0.15, -0.1) is 0 Å². The van der Waals surface area contributed by atoms with Crippen molar-refractivity contribution in [3.63, 3.8) is 0 Å². The van der Waals surface area contributed by atoms with Gasteiger partial charge >= 0.3 is 0 Å². The Kier molecular flexibility index (Phi) is 12.9. The zero-order valence-corrected chi connectivity index (χ0v) is 13.8. The van der Waals surface area contributed by atoms with E-state index in [9.17, 15) is 0 Å². The molecule has 0 aromatic rings. The highest BCUT2D eigenvalue weighted by Gasteiger charge is 2.22. The van der Waals surface area contributed by atoms with Gasteiger partial charge in [0.1, 0.15) is 0 Å². The fourth-order valence-electron chi connectivity index (χ4n) is 2.82. The van der Waals surface area contributed by atoms with E-state index in [1.165, 1.54) is 64.2 Å². The van der Waals surface area contributed by atoms with E-state index >= 15 is 0 Å². The van der Waals surface area contributed by atoms with Crippen molar-refractivity contribution >= 4 is 0 Å². The molecule has 2 heteroatoms. The first-order valence-corrected chi connectivity index (χ1v) is 8.59. The molecule has 0 saturated heterocycles. The SMILES string of the molecule is CCCCCCC(C)(CCCC)CCCNCCN. The molecule has 0 heterocycles. The fraction of sp³-hybridized carbons (Fsp3) is 1.00. The number of nitrogens with one attached hydrogen (secondary N) is 1. The molecular formula is C17H38N2. The minimum atomic E-state index is 0.578. The molecule has 0 amide bonds. The van der Waals surface area contributed by atoms with Crippen LogP contribution in [0.5, 0.6) is 0 Å². The average Bonchev–Trinajstić information content (AvgIpc) is 2.41. The summed E-state index contributed by atoms with van der Waals surface area (Å²) in [4.78, 5) is 0. The van der Waals surface area contributed by atoms with Crippen LogP contribution >= 0.6 is 0 Å². The third-order valence-corrected chi connectivity index (χ3v) is 4.22. The first kappa shape index (κ1) is 18.9. The van der Waals surface area contributed by atoms with Crippen LogP contribution in [0, 0.1) is 5.41 Å². The Morgan fingerprint density at radius 3 is 2.05 bits per heavy atom. The molecule has 1 atom stereocenters. The zero-order valence-electron chi connectivity index (χ0n) is 13.8. The van der Waals surface area contributed by atoms with Crippen molar-refractivity contribution in [2.24, 2.45) is 11.1 Å². The molecule has 0 aliphatic rings. The first-order valence-electron chi connectivity index (χ1n) is 8.59. The van der Waals surface area contributed by atoms with E-state index in [4.69, 9.17) is 5.73 Å². The third-order valence-electron chi connectivity index (χ3n) is 4.22. The van der Waals surface area contributed by atoms with Crippen LogP contribution in [0.4, 0.5) is 0 Å². The highest BCUT2D eigenvalue weighted by Crippen LogP contribution is 2.35. The smallest absolute Gasteiger partial charge is 0.00745 e. The van der Waals surface area contributed by atoms with Crippen LogP contribution in [-0.2, 0) is 0 Å². The molecule has 0 aliphatic carbocycles. The standard InChI is InChI=1S/C17H38N2/c1-4-6-8-9-12-17(3,11-7-5-2)13-10-15-19-16-14-18/h19H,4-16,18H2,1-3H3. The summed E-state index contributed by atoms with van der Waals surface area (Å²) in [7, 11) is 0. The zero-order chi connectivity index (χ0) is 14.4. The summed E-state index contributed by atoms with van der Waals surface area (Å²) in [5.74, 6) is 0. The van der Waals surface area contributed by atoms with Crippen molar-refractivity contribution in [3.8, 4) is 0 Å². The van der Waals surface area contributed by atoms with Gasteiger partial charge < -0.3 is 11.1 Å². The Hall–Kier alpha value is -0.0800. The van der Waals surface area contributed by atoms with Gasteiger partial charge in [0.15, 0.2) is 0 Å². The van der Waals surface area contributed by atoms with E-state index in [2.05, 4.69) is 26.1 Å². The number of hydrogen-bond acceptors (Lipinski definition) is 2. The van der Waals surface area contributed by atoms with E-state index in [1.807, 2.05) is 0 Å². The molecule has 0 aromatic heterocycles. The summed E-state index contributed by atoms with van der Waals surface area (Å²) < 4.78 is 0. The van der Waals surface area contributed by atoms with Crippen molar-refractivity contribution in [3.05, 3.63) is 0 Å². The molecule has 0 rings (SSSR count). The maximum Gasteiger partial charge on any atom is 0.00745 e. The lowest BCUT2D eigenvalue weighted by molar-refractivity contribution is 0.227. The first-order chi connectivity index (χ1) is 9.18. The lowest BCUT2D eigenvalue weighted by Crippen LogP contribution is -2.25. The molecule has 0 fully saturated rings. The fourth-order valence-corrected chi connectivity index (χ4v) is 2.82. The Morgan fingerprint density at radius 2 is 1.42 bits per heavy atom. The Balaban J connectivity index is 3.88. The molecule has 0 aromatic carbocycles. The molecule has 2 nitrogen and oxygen atoms in total. The van der Waals surface area contributed by atoms with Crippen molar-refractivity contribution in [2.45, 2.75) is 85.0 Å². The predicted octanol–water partition coefficient (Wildman–Crippen LogP) is 4.48. The largest absolute Gasteiger partial charge is 0.329 e. The average molecular weight is 271 g/mol. The molecule has 0 radical (unpaired) electrons. The van der Waals surface area contributed by atoms with Crippen LogP contribution < -0.4 is 11.1 Å².